The summed E-state index contributed by atoms with van der Waals surface area (Å²) >= 11 is 0. The molecule has 0 unspecified atom stereocenters. The van der Waals surface area contributed by atoms with Crippen molar-refractivity contribution in [2.75, 3.05) is 44.7 Å². The van der Waals surface area contributed by atoms with E-state index in [0.29, 0.717) is 19.6 Å². The van der Waals surface area contributed by atoms with Gasteiger partial charge in [0, 0.05) is 57.2 Å². The first-order valence-electron chi connectivity index (χ1n) is 8.25. The number of nitrogens with one attached hydrogen (secondary N) is 3. The van der Waals surface area contributed by atoms with E-state index < -0.39 is 4.92 Å². The molecule has 3 N–H and O–H groups in total. The van der Waals surface area contributed by atoms with Crippen molar-refractivity contribution in [3.05, 3.63) is 34.4 Å². The van der Waals surface area contributed by atoms with Crippen LogP contribution in [0.2, 0.25) is 0 Å². The van der Waals surface area contributed by atoms with Crippen molar-refractivity contribution in [3.63, 3.8) is 0 Å². The standard InChI is InChI=1S/C16H27N5O3/c1-3-17-16(19-10-5-13-24-4-2)20-12-11-18-14-6-8-15(9-7-14)21(22)23/h6-9,18H,3-5,10-13H2,1-2H3,(H2,17,19,20). The predicted molar refractivity (Wildman–Crippen MR) is 96.7 cm³/mol. The zero-order valence-electron chi connectivity index (χ0n) is 14.4. The Labute approximate surface area is 142 Å². The van der Waals surface area contributed by atoms with Crippen molar-refractivity contribution in [1.82, 2.24) is 10.6 Å². The van der Waals surface area contributed by atoms with Gasteiger partial charge in [-0.3, -0.25) is 15.1 Å². The van der Waals surface area contributed by atoms with Gasteiger partial charge in [0.05, 0.1) is 4.92 Å². The number of hydrogen-bond donors (Lipinski definition) is 3. The van der Waals surface area contributed by atoms with E-state index in [-0.39, 0.29) is 5.69 Å². The molecule has 0 heterocycles. The van der Waals surface area contributed by atoms with Crippen LogP contribution in [0.5, 0.6) is 0 Å². The molecule has 0 aliphatic carbocycles. The number of benzene rings is 1. The summed E-state index contributed by atoms with van der Waals surface area (Å²) in [6.45, 7) is 8.34. The number of nitro benzene ring substituents is 1. The molecule has 0 radical (unpaired) electrons. The zero-order chi connectivity index (χ0) is 17.6. The van der Waals surface area contributed by atoms with Crippen LogP contribution in [0.3, 0.4) is 0 Å². The van der Waals surface area contributed by atoms with Crippen LogP contribution in [-0.2, 0) is 4.74 Å². The van der Waals surface area contributed by atoms with E-state index in [4.69, 9.17) is 4.74 Å². The summed E-state index contributed by atoms with van der Waals surface area (Å²) in [4.78, 5) is 14.7. The molecule has 0 atom stereocenters. The van der Waals surface area contributed by atoms with Crippen LogP contribution in [0, 0.1) is 10.1 Å². The van der Waals surface area contributed by atoms with Gasteiger partial charge in [0.15, 0.2) is 5.96 Å². The van der Waals surface area contributed by atoms with E-state index in [2.05, 4.69) is 20.9 Å². The first kappa shape index (κ1) is 19.7. The van der Waals surface area contributed by atoms with E-state index in [1.54, 1.807) is 12.1 Å². The van der Waals surface area contributed by atoms with Crippen molar-refractivity contribution in [1.29, 1.82) is 0 Å². The van der Waals surface area contributed by atoms with Crippen molar-refractivity contribution in [2.45, 2.75) is 20.3 Å². The fourth-order valence-electron chi connectivity index (χ4n) is 1.93. The molecule has 24 heavy (non-hydrogen) atoms. The maximum atomic E-state index is 10.6. The average Bonchev–Trinajstić information content (AvgIpc) is 2.58. The topological polar surface area (TPSA) is 101 Å². The summed E-state index contributed by atoms with van der Waals surface area (Å²) in [6.07, 6.45) is 0.894. The Morgan fingerprint density at radius 3 is 2.58 bits per heavy atom. The second-order valence-corrected chi connectivity index (χ2v) is 4.97. The summed E-state index contributed by atoms with van der Waals surface area (Å²) in [5.41, 5.74) is 0.938. The Kier molecular flexibility index (Phi) is 9.95. The SMILES string of the molecule is CCNC(=NCCCOCC)NCCNc1ccc([N+](=O)[O-])cc1. The Bertz CT molecular complexity index is 505. The van der Waals surface area contributed by atoms with E-state index in [1.807, 2.05) is 13.8 Å². The molecular formula is C16H27N5O3. The highest BCUT2D eigenvalue weighted by Crippen LogP contribution is 2.14. The Balaban J connectivity index is 2.28. The maximum absolute atomic E-state index is 10.6. The van der Waals surface area contributed by atoms with Gasteiger partial charge in [0.1, 0.15) is 0 Å². The second-order valence-electron chi connectivity index (χ2n) is 4.97. The van der Waals surface area contributed by atoms with Crippen LogP contribution in [-0.4, -0.2) is 50.3 Å². The summed E-state index contributed by atoms with van der Waals surface area (Å²) < 4.78 is 5.28. The Hall–Kier alpha value is -2.35. The van der Waals surface area contributed by atoms with Crippen LogP contribution >= 0.6 is 0 Å². The number of hydrogen-bond acceptors (Lipinski definition) is 5. The van der Waals surface area contributed by atoms with Crippen molar-refractivity contribution >= 4 is 17.3 Å². The monoisotopic (exact) mass is 337 g/mol. The summed E-state index contributed by atoms with van der Waals surface area (Å²) in [7, 11) is 0. The van der Waals surface area contributed by atoms with E-state index in [0.717, 1.165) is 37.8 Å². The zero-order valence-corrected chi connectivity index (χ0v) is 14.4. The quantitative estimate of drug-likeness (QED) is 0.188. The number of non-ortho nitro benzene ring substituents is 1. The number of nitrogens with zero attached hydrogens (tertiary/aromatic N) is 2. The van der Waals surface area contributed by atoms with Crippen molar-refractivity contribution in [2.24, 2.45) is 4.99 Å². The van der Waals surface area contributed by atoms with Crippen LogP contribution in [0.15, 0.2) is 29.3 Å². The Morgan fingerprint density at radius 2 is 1.96 bits per heavy atom. The third kappa shape index (κ3) is 8.33. The maximum Gasteiger partial charge on any atom is 0.269 e. The molecule has 0 fully saturated rings. The Morgan fingerprint density at radius 1 is 1.21 bits per heavy atom. The minimum absolute atomic E-state index is 0.0901. The summed E-state index contributed by atoms with van der Waals surface area (Å²) in [6, 6.07) is 6.37. The smallest absolute Gasteiger partial charge is 0.269 e. The van der Waals surface area contributed by atoms with Crippen LogP contribution in [0.25, 0.3) is 0 Å². The van der Waals surface area contributed by atoms with E-state index in [9.17, 15) is 10.1 Å². The molecule has 0 aliphatic heterocycles. The van der Waals surface area contributed by atoms with Gasteiger partial charge in [0.2, 0.25) is 0 Å². The molecule has 134 valence electrons. The summed E-state index contributed by atoms with van der Waals surface area (Å²) in [5.74, 6) is 0.777. The molecule has 1 aromatic rings. The molecule has 0 saturated carbocycles. The predicted octanol–water partition coefficient (Wildman–Crippen LogP) is 1.99. The number of anilines is 1. The molecule has 0 saturated heterocycles. The second kappa shape index (κ2) is 12.1. The highest BCUT2D eigenvalue weighted by atomic mass is 16.6. The van der Waals surface area contributed by atoms with Gasteiger partial charge in [-0.1, -0.05) is 0 Å². The van der Waals surface area contributed by atoms with Crippen LogP contribution in [0.4, 0.5) is 11.4 Å². The molecule has 8 heteroatoms. The lowest BCUT2D eigenvalue weighted by molar-refractivity contribution is -0.384. The highest BCUT2D eigenvalue weighted by molar-refractivity contribution is 5.79. The number of ether oxygens (including phenoxy) is 1. The van der Waals surface area contributed by atoms with Crippen molar-refractivity contribution < 1.29 is 9.66 Å². The molecule has 0 aliphatic rings. The molecule has 0 spiro atoms. The number of aliphatic imine (C=N–C) groups is 1. The molecule has 0 aromatic heterocycles. The largest absolute Gasteiger partial charge is 0.383 e. The number of rotatable bonds is 11. The van der Waals surface area contributed by atoms with Crippen LogP contribution in [0.1, 0.15) is 20.3 Å². The fraction of sp³-hybridized carbons (Fsp3) is 0.562. The van der Waals surface area contributed by atoms with Gasteiger partial charge in [-0.25, -0.2) is 0 Å². The minimum Gasteiger partial charge on any atom is -0.383 e. The van der Waals surface area contributed by atoms with Gasteiger partial charge in [0.25, 0.3) is 5.69 Å². The third-order valence-electron chi connectivity index (χ3n) is 3.09. The van der Waals surface area contributed by atoms with Crippen molar-refractivity contribution in [3.8, 4) is 0 Å². The van der Waals surface area contributed by atoms with Gasteiger partial charge in [-0.05, 0) is 32.4 Å². The van der Waals surface area contributed by atoms with Gasteiger partial charge >= 0.3 is 0 Å². The van der Waals surface area contributed by atoms with E-state index in [1.165, 1.54) is 12.1 Å². The average molecular weight is 337 g/mol. The summed E-state index contributed by atoms with van der Waals surface area (Å²) in [5, 5.41) is 20.2. The highest BCUT2D eigenvalue weighted by Gasteiger charge is 2.03. The molecule has 1 rings (SSSR count). The minimum atomic E-state index is -0.407. The van der Waals surface area contributed by atoms with Gasteiger partial charge < -0.3 is 20.7 Å². The van der Waals surface area contributed by atoms with Crippen LogP contribution < -0.4 is 16.0 Å². The van der Waals surface area contributed by atoms with Gasteiger partial charge in [-0.2, -0.15) is 0 Å². The number of guanidine groups is 1. The van der Waals surface area contributed by atoms with Gasteiger partial charge in [-0.15, -0.1) is 0 Å². The molecule has 0 bridgehead atoms. The van der Waals surface area contributed by atoms with E-state index >= 15 is 0 Å². The lowest BCUT2D eigenvalue weighted by atomic mass is 10.3. The first-order chi connectivity index (χ1) is 11.7. The molecular weight excluding hydrogens is 310 g/mol. The molecule has 0 amide bonds. The molecule has 8 nitrogen and oxygen atoms in total. The third-order valence-corrected chi connectivity index (χ3v) is 3.09. The molecule has 1 aromatic carbocycles. The lowest BCUT2D eigenvalue weighted by Crippen LogP contribution is -2.39. The normalized spacial score (nSPS) is 11.2. The first-order valence-corrected chi connectivity index (χ1v) is 8.25. The fourth-order valence-corrected chi connectivity index (χ4v) is 1.93. The lowest BCUT2D eigenvalue weighted by Gasteiger charge is -2.12. The number of nitro groups is 1.